The molecule has 2 saturated carbocycles. The van der Waals surface area contributed by atoms with Crippen LogP contribution in [0.2, 0.25) is 0 Å². The number of anilines is 1. The monoisotopic (exact) mass is 223 g/mol. The third-order valence-corrected chi connectivity index (χ3v) is 3.94. The van der Waals surface area contributed by atoms with Crippen LogP contribution in [0.15, 0.2) is 0 Å². The molecule has 1 aromatic heterocycles. The lowest BCUT2D eigenvalue weighted by Gasteiger charge is -1.98. The Morgan fingerprint density at radius 2 is 2.33 bits per heavy atom. The molecular weight excluding hydrogens is 206 g/mol. The van der Waals surface area contributed by atoms with E-state index in [-0.39, 0.29) is 0 Å². The van der Waals surface area contributed by atoms with E-state index in [0.29, 0.717) is 12.0 Å². The lowest BCUT2D eigenvalue weighted by molar-refractivity contribution is 0.692. The molecule has 0 radical (unpaired) electrons. The molecule has 0 saturated heterocycles. The molecule has 3 rings (SSSR count). The van der Waals surface area contributed by atoms with Gasteiger partial charge in [-0.15, -0.1) is 0 Å². The van der Waals surface area contributed by atoms with E-state index in [2.05, 4.69) is 21.6 Å². The molecule has 0 spiro atoms. The maximum atomic E-state index is 4.54. The lowest BCUT2D eigenvalue weighted by Crippen LogP contribution is -2.04. The first-order chi connectivity index (χ1) is 7.36. The van der Waals surface area contributed by atoms with E-state index < -0.39 is 0 Å². The van der Waals surface area contributed by atoms with Crippen molar-refractivity contribution in [2.75, 3.05) is 5.32 Å². The van der Waals surface area contributed by atoms with Gasteiger partial charge in [0, 0.05) is 23.5 Å². The highest BCUT2D eigenvalue weighted by Gasteiger charge is 2.37. The highest BCUT2D eigenvalue weighted by atomic mass is 32.1. The van der Waals surface area contributed by atoms with E-state index in [4.69, 9.17) is 0 Å². The minimum Gasteiger partial charge on any atom is -0.357 e. The Bertz CT molecular complexity index is 345. The van der Waals surface area contributed by atoms with Crippen molar-refractivity contribution < 1.29 is 0 Å². The Hall–Kier alpha value is -0.640. The molecule has 1 N–H and O–H groups in total. The molecular formula is C11H17N3S. The van der Waals surface area contributed by atoms with Gasteiger partial charge in [0.15, 0.2) is 0 Å². The van der Waals surface area contributed by atoms with Gasteiger partial charge >= 0.3 is 0 Å². The summed E-state index contributed by atoms with van der Waals surface area (Å²) in [6.07, 6.45) is 6.56. The third kappa shape index (κ3) is 2.14. The first kappa shape index (κ1) is 9.58. The van der Waals surface area contributed by atoms with Crippen LogP contribution in [0.3, 0.4) is 0 Å². The van der Waals surface area contributed by atoms with Crippen LogP contribution < -0.4 is 5.32 Å². The van der Waals surface area contributed by atoms with Gasteiger partial charge in [0.1, 0.15) is 5.82 Å². The van der Waals surface area contributed by atoms with Gasteiger partial charge in [-0.1, -0.05) is 13.3 Å². The van der Waals surface area contributed by atoms with Crippen LogP contribution in [0.1, 0.15) is 50.8 Å². The fraction of sp³-hybridized carbons (Fsp3) is 0.818. The highest BCUT2D eigenvalue weighted by Crippen LogP contribution is 2.41. The normalized spacial score (nSPS) is 29.1. The van der Waals surface area contributed by atoms with Crippen molar-refractivity contribution in [2.45, 2.75) is 51.0 Å². The van der Waals surface area contributed by atoms with Crippen molar-refractivity contribution in [1.29, 1.82) is 0 Å². The first-order valence-corrected chi connectivity index (χ1v) is 6.74. The number of nitrogens with one attached hydrogen (secondary N) is 1. The van der Waals surface area contributed by atoms with Crippen molar-refractivity contribution >= 4 is 16.7 Å². The van der Waals surface area contributed by atoms with E-state index in [0.717, 1.165) is 16.9 Å². The Morgan fingerprint density at radius 3 is 3.07 bits per heavy atom. The van der Waals surface area contributed by atoms with Crippen LogP contribution in [0.4, 0.5) is 5.13 Å². The van der Waals surface area contributed by atoms with Crippen molar-refractivity contribution in [3.05, 3.63) is 5.82 Å². The van der Waals surface area contributed by atoms with Crippen molar-refractivity contribution in [3.8, 4) is 0 Å². The summed E-state index contributed by atoms with van der Waals surface area (Å²) in [5.41, 5.74) is 0. The molecule has 3 nitrogen and oxygen atoms in total. The van der Waals surface area contributed by atoms with Gasteiger partial charge in [0.25, 0.3) is 0 Å². The molecule has 0 aromatic carbocycles. The van der Waals surface area contributed by atoms with Crippen LogP contribution in [-0.2, 0) is 0 Å². The van der Waals surface area contributed by atoms with Gasteiger partial charge in [0.2, 0.25) is 5.13 Å². The molecule has 0 bridgehead atoms. The Morgan fingerprint density at radius 1 is 1.47 bits per heavy atom. The van der Waals surface area contributed by atoms with E-state index in [1.165, 1.54) is 43.6 Å². The highest BCUT2D eigenvalue weighted by molar-refractivity contribution is 7.09. The molecule has 4 heteroatoms. The smallest absolute Gasteiger partial charge is 0.202 e. The van der Waals surface area contributed by atoms with Crippen LogP contribution in [0, 0.1) is 5.92 Å². The van der Waals surface area contributed by atoms with Crippen molar-refractivity contribution in [3.63, 3.8) is 0 Å². The number of aromatic nitrogens is 2. The standard InChI is InChI=1S/C11H17N3S/c1-2-3-8-6-9(8)12-11-13-10(14-15-11)7-4-5-7/h7-9H,2-6H2,1H3,(H,12,13,14). The maximum absolute atomic E-state index is 4.54. The lowest BCUT2D eigenvalue weighted by atomic mass is 10.2. The van der Waals surface area contributed by atoms with Crippen molar-refractivity contribution in [1.82, 2.24) is 9.36 Å². The van der Waals surface area contributed by atoms with Gasteiger partial charge < -0.3 is 5.32 Å². The second kappa shape index (κ2) is 3.74. The summed E-state index contributed by atoms with van der Waals surface area (Å²) in [5, 5.41) is 4.54. The average Bonchev–Trinajstić information content (AvgIpc) is 3.12. The first-order valence-electron chi connectivity index (χ1n) is 5.97. The van der Waals surface area contributed by atoms with Crippen LogP contribution in [0.5, 0.6) is 0 Å². The molecule has 2 aliphatic carbocycles. The van der Waals surface area contributed by atoms with Gasteiger partial charge in [-0.2, -0.15) is 4.37 Å². The molecule has 1 aromatic rings. The van der Waals surface area contributed by atoms with Gasteiger partial charge in [-0.05, 0) is 31.6 Å². The summed E-state index contributed by atoms with van der Waals surface area (Å²) in [6.45, 7) is 2.26. The Kier molecular flexibility index (Phi) is 2.39. The summed E-state index contributed by atoms with van der Waals surface area (Å²) in [6, 6.07) is 0.685. The minimum absolute atomic E-state index is 0.683. The third-order valence-electron chi connectivity index (χ3n) is 3.28. The topological polar surface area (TPSA) is 37.8 Å². The summed E-state index contributed by atoms with van der Waals surface area (Å²) in [4.78, 5) is 4.54. The molecule has 2 atom stereocenters. The number of rotatable bonds is 5. The molecule has 2 aliphatic rings. The van der Waals surface area contributed by atoms with E-state index in [9.17, 15) is 0 Å². The molecule has 2 unspecified atom stereocenters. The molecule has 82 valence electrons. The van der Waals surface area contributed by atoms with E-state index >= 15 is 0 Å². The van der Waals surface area contributed by atoms with Gasteiger partial charge in [-0.3, -0.25) is 0 Å². The summed E-state index contributed by atoms with van der Waals surface area (Å²) >= 11 is 1.53. The zero-order chi connectivity index (χ0) is 10.3. The molecule has 2 fully saturated rings. The van der Waals surface area contributed by atoms with Crippen molar-refractivity contribution in [2.24, 2.45) is 5.92 Å². The second-order valence-electron chi connectivity index (χ2n) is 4.77. The van der Waals surface area contributed by atoms with E-state index in [1.807, 2.05) is 0 Å². The SMILES string of the molecule is CCCC1CC1Nc1nc(C2CC2)ns1. The Labute approximate surface area is 94.5 Å². The van der Waals surface area contributed by atoms with Crippen LogP contribution in [-0.4, -0.2) is 15.4 Å². The summed E-state index contributed by atoms with van der Waals surface area (Å²) in [5.74, 6) is 2.65. The molecule has 0 aliphatic heterocycles. The number of nitrogens with zero attached hydrogens (tertiary/aromatic N) is 2. The van der Waals surface area contributed by atoms with Crippen LogP contribution >= 0.6 is 11.5 Å². The largest absolute Gasteiger partial charge is 0.357 e. The zero-order valence-corrected chi connectivity index (χ0v) is 9.89. The number of hydrogen-bond donors (Lipinski definition) is 1. The molecule has 0 amide bonds. The maximum Gasteiger partial charge on any atom is 0.202 e. The minimum atomic E-state index is 0.683. The van der Waals surface area contributed by atoms with E-state index in [1.54, 1.807) is 0 Å². The zero-order valence-electron chi connectivity index (χ0n) is 9.07. The summed E-state index contributed by atoms with van der Waals surface area (Å²) in [7, 11) is 0. The fourth-order valence-electron chi connectivity index (χ4n) is 2.07. The fourth-order valence-corrected chi connectivity index (χ4v) is 2.78. The molecule has 15 heavy (non-hydrogen) atoms. The summed E-state index contributed by atoms with van der Waals surface area (Å²) < 4.78 is 4.40. The van der Waals surface area contributed by atoms with Gasteiger partial charge in [0.05, 0.1) is 0 Å². The average molecular weight is 223 g/mol. The second-order valence-corrected chi connectivity index (χ2v) is 5.52. The van der Waals surface area contributed by atoms with Crippen LogP contribution in [0.25, 0.3) is 0 Å². The number of hydrogen-bond acceptors (Lipinski definition) is 4. The predicted octanol–water partition coefficient (Wildman–Crippen LogP) is 3.02. The predicted molar refractivity (Wildman–Crippen MR) is 62.3 cm³/mol. The quantitative estimate of drug-likeness (QED) is 0.833. The molecule has 1 heterocycles. The van der Waals surface area contributed by atoms with Gasteiger partial charge in [-0.25, -0.2) is 4.98 Å². The Balaban J connectivity index is 1.54.